The van der Waals surface area contributed by atoms with Crippen molar-refractivity contribution in [2.24, 2.45) is 7.05 Å². The maximum Gasteiger partial charge on any atom is 0.354 e. The molecule has 0 fully saturated rings. The van der Waals surface area contributed by atoms with Crippen molar-refractivity contribution in [3.8, 4) is 0 Å². The number of rotatable bonds is 5. The third-order valence-electron chi connectivity index (χ3n) is 2.83. The second-order valence-electron chi connectivity index (χ2n) is 4.23. The summed E-state index contributed by atoms with van der Waals surface area (Å²) in [6.07, 6.45) is 4.13. The molecule has 5 heteroatoms. The predicted molar refractivity (Wildman–Crippen MR) is 71.0 cm³/mol. The maximum atomic E-state index is 11.7. The average Bonchev–Trinajstić information content (AvgIpc) is 2.82. The Morgan fingerprint density at radius 2 is 2.05 bits per heavy atom. The van der Waals surface area contributed by atoms with Crippen molar-refractivity contribution in [3.05, 3.63) is 58.8 Å². The standard InChI is InChI=1S/C14H16N2O3/c1-15-8-4-6-12(15)14(18)19-11-5-10-16-9-3-2-7-13(16)17/h2-4,6-9H,5,10-11H2,1H3. The first-order valence-corrected chi connectivity index (χ1v) is 6.12. The van der Waals surface area contributed by atoms with Crippen LogP contribution in [0.4, 0.5) is 0 Å². The van der Waals surface area contributed by atoms with Gasteiger partial charge in [0.25, 0.3) is 0 Å². The van der Waals surface area contributed by atoms with Gasteiger partial charge in [-0.3, -0.25) is 4.79 Å². The minimum Gasteiger partial charge on any atom is -0.461 e. The molecule has 2 aromatic rings. The molecule has 0 aromatic carbocycles. The first kappa shape index (κ1) is 13.1. The molecule has 0 spiro atoms. The molecule has 0 saturated heterocycles. The molecule has 0 aliphatic rings. The summed E-state index contributed by atoms with van der Waals surface area (Å²) in [6.45, 7) is 0.839. The Labute approximate surface area is 111 Å². The van der Waals surface area contributed by atoms with Crippen LogP contribution in [0.15, 0.2) is 47.5 Å². The highest BCUT2D eigenvalue weighted by Crippen LogP contribution is 2.02. The van der Waals surface area contributed by atoms with E-state index in [1.54, 1.807) is 52.8 Å². The molecule has 0 unspecified atom stereocenters. The van der Waals surface area contributed by atoms with Crippen LogP contribution in [-0.4, -0.2) is 21.7 Å². The molecule has 100 valence electrons. The Kier molecular flexibility index (Phi) is 4.18. The lowest BCUT2D eigenvalue weighted by molar-refractivity contribution is 0.0484. The first-order valence-electron chi connectivity index (χ1n) is 6.12. The van der Waals surface area contributed by atoms with Crippen LogP contribution < -0.4 is 5.56 Å². The maximum absolute atomic E-state index is 11.7. The van der Waals surface area contributed by atoms with Gasteiger partial charge in [0, 0.05) is 32.1 Å². The number of aromatic nitrogens is 2. The van der Waals surface area contributed by atoms with Crippen LogP contribution >= 0.6 is 0 Å². The molecule has 2 heterocycles. The lowest BCUT2D eigenvalue weighted by atomic mass is 10.4. The minimum atomic E-state index is -0.340. The van der Waals surface area contributed by atoms with Gasteiger partial charge in [0.05, 0.1) is 6.61 Å². The lowest BCUT2D eigenvalue weighted by Crippen LogP contribution is -2.19. The van der Waals surface area contributed by atoms with Gasteiger partial charge in [0.1, 0.15) is 5.69 Å². The van der Waals surface area contributed by atoms with Crippen molar-refractivity contribution >= 4 is 5.97 Å². The van der Waals surface area contributed by atoms with E-state index in [-0.39, 0.29) is 11.5 Å². The van der Waals surface area contributed by atoms with E-state index in [0.29, 0.717) is 25.3 Å². The van der Waals surface area contributed by atoms with Gasteiger partial charge in [-0.25, -0.2) is 4.79 Å². The van der Waals surface area contributed by atoms with Crippen molar-refractivity contribution in [1.82, 2.24) is 9.13 Å². The second-order valence-corrected chi connectivity index (χ2v) is 4.23. The highest BCUT2D eigenvalue weighted by molar-refractivity contribution is 5.87. The Bertz CT molecular complexity index is 613. The van der Waals surface area contributed by atoms with Gasteiger partial charge in [-0.1, -0.05) is 6.07 Å². The number of ether oxygens (including phenoxy) is 1. The summed E-state index contributed by atoms with van der Waals surface area (Å²) >= 11 is 0. The van der Waals surface area contributed by atoms with E-state index >= 15 is 0 Å². The van der Waals surface area contributed by atoms with E-state index in [9.17, 15) is 9.59 Å². The van der Waals surface area contributed by atoms with E-state index in [4.69, 9.17) is 4.74 Å². The van der Waals surface area contributed by atoms with Gasteiger partial charge in [-0.2, -0.15) is 0 Å². The van der Waals surface area contributed by atoms with Gasteiger partial charge in [0.2, 0.25) is 5.56 Å². The minimum absolute atomic E-state index is 0.0451. The molecule has 2 aromatic heterocycles. The molecular weight excluding hydrogens is 244 g/mol. The van der Waals surface area contributed by atoms with Crippen LogP contribution in [0, 0.1) is 0 Å². The monoisotopic (exact) mass is 260 g/mol. The Balaban J connectivity index is 1.79. The zero-order valence-corrected chi connectivity index (χ0v) is 10.8. The van der Waals surface area contributed by atoms with E-state index in [1.165, 1.54) is 6.07 Å². The number of nitrogens with zero attached hydrogens (tertiary/aromatic N) is 2. The van der Waals surface area contributed by atoms with Gasteiger partial charge < -0.3 is 13.9 Å². The molecular formula is C14H16N2O3. The van der Waals surface area contributed by atoms with Crippen LogP contribution in [0.5, 0.6) is 0 Å². The summed E-state index contributed by atoms with van der Waals surface area (Å²) in [5.74, 6) is -0.340. The summed E-state index contributed by atoms with van der Waals surface area (Å²) in [6, 6.07) is 8.52. The largest absolute Gasteiger partial charge is 0.461 e. The molecule has 0 aliphatic heterocycles. The van der Waals surface area contributed by atoms with Gasteiger partial charge in [-0.05, 0) is 24.6 Å². The third kappa shape index (κ3) is 3.34. The molecule has 2 rings (SSSR count). The molecule has 0 N–H and O–H groups in total. The normalized spacial score (nSPS) is 10.4. The van der Waals surface area contributed by atoms with Crippen molar-refractivity contribution in [2.75, 3.05) is 6.61 Å². The zero-order chi connectivity index (χ0) is 13.7. The number of esters is 1. The smallest absolute Gasteiger partial charge is 0.354 e. The van der Waals surface area contributed by atoms with E-state index in [1.807, 2.05) is 0 Å². The summed E-state index contributed by atoms with van der Waals surface area (Å²) in [7, 11) is 1.79. The quantitative estimate of drug-likeness (QED) is 0.603. The average molecular weight is 260 g/mol. The van der Waals surface area contributed by atoms with Crippen molar-refractivity contribution in [3.63, 3.8) is 0 Å². The van der Waals surface area contributed by atoms with Gasteiger partial charge >= 0.3 is 5.97 Å². The van der Waals surface area contributed by atoms with E-state index < -0.39 is 0 Å². The number of pyridine rings is 1. The topological polar surface area (TPSA) is 53.2 Å². The number of carbonyl (C=O) groups is 1. The van der Waals surface area contributed by atoms with Crippen LogP contribution in [0.25, 0.3) is 0 Å². The van der Waals surface area contributed by atoms with Gasteiger partial charge in [0.15, 0.2) is 0 Å². The van der Waals surface area contributed by atoms with Crippen LogP contribution in [0.1, 0.15) is 16.9 Å². The molecule has 0 amide bonds. The summed E-state index contributed by atoms with van der Waals surface area (Å²) in [4.78, 5) is 23.1. The van der Waals surface area contributed by atoms with Crippen molar-refractivity contribution in [2.45, 2.75) is 13.0 Å². The number of hydrogen-bond donors (Lipinski definition) is 0. The highest BCUT2D eigenvalue weighted by atomic mass is 16.5. The fourth-order valence-electron chi connectivity index (χ4n) is 1.79. The van der Waals surface area contributed by atoms with Crippen LogP contribution in [0.3, 0.4) is 0 Å². The number of carbonyl (C=O) groups excluding carboxylic acids is 1. The van der Waals surface area contributed by atoms with E-state index in [0.717, 1.165) is 0 Å². The number of aryl methyl sites for hydroxylation is 2. The summed E-state index contributed by atoms with van der Waals surface area (Å²) in [5, 5.41) is 0. The molecule has 0 bridgehead atoms. The molecule has 0 aliphatic carbocycles. The third-order valence-corrected chi connectivity index (χ3v) is 2.83. The second kappa shape index (κ2) is 6.04. The summed E-state index contributed by atoms with van der Waals surface area (Å²) in [5.41, 5.74) is 0.480. The zero-order valence-electron chi connectivity index (χ0n) is 10.8. The molecule has 5 nitrogen and oxygen atoms in total. The van der Waals surface area contributed by atoms with Gasteiger partial charge in [-0.15, -0.1) is 0 Å². The SMILES string of the molecule is Cn1cccc1C(=O)OCCCn1ccccc1=O. The molecule has 0 atom stereocenters. The fourth-order valence-corrected chi connectivity index (χ4v) is 1.79. The first-order chi connectivity index (χ1) is 9.18. The van der Waals surface area contributed by atoms with Crippen LogP contribution in [0.2, 0.25) is 0 Å². The predicted octanol–water partition coefficient (Wildman–Crippen LogP) is 1.43. The Morgan fingerprint density at radius 3 is 2.74 bits per heavy atom. The molecule has 0 saturated carbocycles. The number of hydrogen-bond acceptors (Lipinski definition) is 3. The van der Waals surface area contributed by atoms with Crippen molar-refractivity contribution < 1.29 is 9.53 Å². The van der Waals surface area contributed by atoms with Crippen LogP contribution in [-0.2, 0) is 18.3 Å². The highest BCUT2D eigenvalue weighted by Gasteiger charge is 2.09. The fraction of sp³-hybridized carbons (Fsp3) is 0.286. The lowest BCUT2D eigenvalue weighted by Gasteiger charge is -2.07. The molecule has 0 radical (unpaired) electrons. The Morgan fingerprint density at radius 1 is 1.21 bits per heavy atom. The Hall–Kier alpha value is -2.30. The summed E-state index contributed by atoms with van der Waals surface area (Å²) < 4.78 is 8.46. The van der Waals surface area contributed by atoms with E-state index in [2.05, 4.69) is 0 Å². The van der Waals surface area contributed by atoms with Crippen molar-refractivity contribution in [1.29, 1.82) is 0 Å². The molecule has 19 heavy (non-hydrogen) atoms.